The van der Waals surface area contributed by atoms with E-state index in [0.717, 1.165) is 26.1 Å². The number of benzene rings is 1. The SMILES string of the molecule is CNCC(=O)NCC1(c2ccccc2)CCOCC1. The van der Waals surface area contributed by atoms with E-state index in [1.807, 2.05) is 6.07 Å². The molecule has 104 valence electrons. The standard InChI is InChI=1S/C15H22N2O2/c1-16-11-14(18)17-12-15(7-9-19-10-8-15)13-5-3-2-4-6-13/h2-6,16H,7-12H2,1H3,(H,17,18). The number of nitrogens with one attached hydrogen (secondary N) is 2. The van der Waals surface area contributed by atoms with Crippen LogP contribution >= 0.6 is 0 Å². The van der Waals surface area contributed by atoms with Crippen LogP contribution in [0.2, 0.25) is 0 Å². The van der Waals surface area contributed by atoms with Gasteiger partial charge < -0.3 is 15.4 Å². The van der Waals surface area contributed by atoms with Gasteiger partial charge in [0.05, 0.1) is 6.54 Å². The Hall–Kier alpha value is -1.39. The van der Waals surface area contributed by atoms with Crippen molar-refractivity contribution in [2.24, 2.45) is 0 Å². The van der Waals surface area contributed by atoms with Crippen molar-refractivity contribution in [2.45, 2.75) is 18.3 Å². The lowest BCUT2D eigenvalue weighted by molar-refractivity contribution is -0.120. The molecule has 1 aliphatic rings. The molecule has 1 heterocycles. The predicted molar refractivity (Wildman–Crippen MR) is 75.1 cm³/mol. The van der Waals surface area contributed by atoms with Crippen molar-refractivity contribution in [3.63, 3.8) is 0 Å². The fraction of sp³-hybridized carbons (Fsp3) is 0.533. The minimum Gasteiger partial charge on any atom is -0.381 e. The van der Waals surface area contributed by atoms with E-state index in [0.29, 0.717) is 13.1 Å². The zero-order valence-electron chi connectivity index (χ0n) is 11.4. The molecule has 0 unspecified atom stereocenters. The quantitative estimate of drug-likeness (QED) is 0.834. The maximum Gasteiger partial charge on any atom is 0.233 e. The van der Waals surface area contributed by atoms with Gasteiger partial charge in [-0.2, -0.15) is 0 Å². The van der Waals surface area contributed by atoms with Gasteiger partial charge in [-0.05, 0) is 25.5 Å². The fourth-order valence-corrected chi connectivity index (χ4v) is 2.61. The maximum atomic E-state index is 11.7. The topological polar surface area (TPSA) is 50.4 Å². The van der Waals surface area contributed by atoms with E-state index in [1.54, 1.807) is 7.05 Å². The highest BCUT2D eigenvalue weighted by Gasteiger charge is 2.34. The summed E-state index contributed by atoms with van der Waals surface area (Å²) in [5.41, 5.74) is 1.31. The van der Waals surface area contributed by atoms with Crippen LogP contribution in [0.25, 0.3) is 0 Å². The van der Waals surface area contributed by atoms with Gasteiger partial charge in [0.25, 0.3) is 0 Å². The summed E-state index contributed by atoms with van der Waals surface area (Å²) < 4.78 is 5.48. The number of likely N-dealkylation sites (N-methyl/N-ethyl adjacent to an activating group) is 1. The van der Waals surface area contributed by atoms with Crippen molar-refractivity contribution in [1.29, 1.82) is 0 Å². The third-order valence-corrected chi connectivity index (χ3v) is 3.80. The van der Waals surface area contributed by atoms with E-state index in [4.69, 9.17) is 4.74 Å². The monoisotopic (exact) mass is 262 g/mol. The highest BCUT2D eigenvalue weighted by molar-refractivity contribution is 5.78. The smallest absolute Gasteiger partial charge is 0.233 e. The molecule has 0 aromatic heterocycles. The fourth-order valence-electron chi connectivity index (χ4n) is 2.61. The number of ether oxygens (including phenoxy) is 1. The predicted octanol–water partition coefficient (Wildman–Crippen LogP) is 1.07. The van der Waals surface area contributed by atoms with E-state index in [2.05, 4.69) is 34.9 Å². The molecular weight excluding hydrogens is 240 g/mol. The Labute approximate surface area is 114 Å². The van der Waals surface area contributed by atoms with E-state index >= 15 is 0 Å². The first-order chi connectivity index (χ1) is 9.27. The summed E-state index contributed by atoms with van der Waals surface area (Å²) >= 11 is 0. The highest BCUT2D eigenvalue weighted by Crippen LogP contribution is 2.34. The lowest BCUT2D eigenvalue weighted by Crippen LogP contribution is -2.46. The summed E-state index contributed by atoms with van der Waals surface area (Å²) in [7, 11) is 1.78. The van der Waals surface area contributed by atoms with Gasteiger partial charge in [0.2, 0.25) is 5.91 Å². The molecule has 0 radical (unpaired) electrons. The summed E-state index contributed by atoms with van der Waals surface area (Å²) in [6, 6.07) is 10.4. The number of rotatable bonds is 5. The average molecular weight is 262 g/mol. The van der Waals surface area contributed by atoms with Crippen LogP contribution in [0.4, 0.5) is 0 Å². The van der Waals surface area contributed by atoms with Crippen LogP contribution in [0.5, 0.6) is 0 Å². The molecule has 1 aromatic rings. The first-order valence-electron chi connectivity index (χ1n) is 6.81. The molecule has 0 atom stereocenters. The number of carbonyl (C=O) groups is 1. The van der Waals surface area contributed by atoms with Crippen molar-refractivity contribution in [2.75, 3.05) is 33.4 Å². The van der Waals surface area contributed by atoms with Gasteiger partial charge in [-0.25, -0.2) is 0 Å². The molecule has 4 heteroatoms. The molecule has 0 saturated carbocycles. The lowest BCUT2D eigenvalue weighted by atomic mass is 9.74. The van der Waals surface area contributed by atoms with Gasteiger partial charge in [0, 0.05) is 25.2 Å². The summed E-state index contributed by atoms with van der Waals surface area (Å²) in [5.74, 6) is 0.0456. The van der Waals surface area contributed by atoms with Crippen LogP contribution in [0.3, 0.4) is 0 Å². The Morgan fingerprint density at radius 1 is 1.26 bits per heavy atom. The van der Waals surface area contributed by atoms with Crippen LogP contribution in [0.15, 0.2) is 30.3 Å². The zero-order valence-corrected chi connectivity index (χ0v) is 11.4. The molecule has 4 nitrogen and oxygen atoms in total. The Morgan fingerprint density at radius 2 is 1.95 bits per heavy atom. The second kappa shape index (κ2) is 6.68. The van der Waals surface area contributed by atoms with Crippen LogP contribution < -0.4 is 10.6 Å². The molecule has 0 bridgehead atoms. The van der Waals surface area contributed by atoms with Crippen molar-refractivity contribution >= 4 is 5.91 Å². The maximum absolute atomic E-state index is 11.7. The molecule has 1 aliphatic heterocycles. The van der Waals surface area contributed by atoms with Gasteiger partial charge in [-0.15, -0.1) is 0 Å². The van der Waals surface area contributed by atoms with Crippen molar-refractivity contribution in [3.05, 3.63) is 35.9 Å². The van der Waals surface area contributed by atoms with E-state index < -0.39 is 0 Å². The van der Waals surface area contributed by atoms with Gasteiger partial charge in [0.15, 0.2) is 0 Å². The van der Waals surface area contributed by atoms with Gasteiger partial charge >= 0.3 is 0 Å². The second-order valence-electron chi connectivity index (χ2n) is 5.07. The van der Waals surface area contributed by atoms with Crippen molar-refractivity contribution in [3.8, 4) is 0 Å². The van der Waals surface area contributed by atoms with Gasteiger partial charge in [-0.3, -0.25) is 4.79 Å². The van der Waals surface area contributed by atoms with Crippen LogP contribution in [-0.2, 0) is 14.9 Å². The molecule has 2 rings (SSSR count). The van der Waals surface area contributed by atoms with Gasteiger partial charge in [0.1, 0.15) is 0 Å². The summed E-state index contributed by atoms with van der Waals surface area (Å²) in [6.07, 6.45) is 1.91. The highest BCUT2D eigenvalue weighted by atomic mass is 16.5. The third-order valence-electron chi connectivity index (χ3n) is 3.80. The number of hydrogen-bond acceptors (Lipinski definition) is 3. The molecule has 1 fully saturated rings. The van der Waals surface area contributed by atoms with Crippen molar-refractivity contribution < 1.29 is 9.53 Å². The largest absolute Gasteiger partial charge is 0.381 e. The summed E-state index contributed by atoms with van der Waals surface area (Å²) in [4.78, 5) is 11.7. The van der Waals surface area contributed by atoms with Crippen LogP contribution in [0.1, 0.15) is 18.4 Å². The summed E-state index contributed by atoms with van der Waals surface area (Å²) in [5, 5.41) is 5.91. The number of amides is 1. The molecule has 0 spiro atoms. The second-order valence-corrected chi connectivity index (χ2v) is 5.07. The molecule has 0 aliphatic carbocycles. The summed E-state index contributed by atoms with van der Waals surface area (Å²) in [6.45, 7) is 2.57. The lowest BCUT2D eigenvalue weighted by Gasteiger charge is -2.38. The molecule has 19 heavy (non-hydrogen) atoms. The Morgan fingerprint density at radius 3 is 2.58 bits per heavy atom. The van der Waals surface area contributed by atoms with Crippen LogP contribution in [-0.4, -0.2) is 39.3 Å². The normalized spacial score (nSPS) is 17.9. The van der Waals surface area contributed by atoms with Crippen LogP contribution in [0, 0.1) is 0 Å². The molecule has 2 N–H and O–H groups in total. The minimum absolute atomic E-state index is 0.0168. The Balaban J connectivity index is 2.09. The van der Waals surface area contributed by atoms with E-state index in [9.17, 15) is 4.79 Å². The number of hydrogen-bond donors (Lipinski definition) is 2. The van der Waals surface area contributed by atoms with E-state index in [-0.39, 0.29) is 11.3 Å². The molecule has 1 amide bonds. The minimum atomic E-state index is 0.0168. The molecule has 1 aromatic carbocycles. The van der Waals surface area contributed by atoms with Crippen molar-refractivity contribution in [1.82, 2.24) is 10.6 Å². The van der Waals surface area contributed by atoms with E-state index in [1.165, 1.54) is 5.56 Å². The first kappa shape index (κ1) is 14.0. The first-order valence-corrected chi connectivity index (χ1v) is 6.81. The average Bonchev–Trinajstić information content (AvgIpc) is 2.47. The van der Waals surface area contributed by atoms with Gasteiger partial charge in [-0.1, -0.05) is 30.3 Å². The Kier molecular flexibility index (Phi) is 4.93. The molecular formula is C15H22N2O2. The Bertz CT molecular complexity index is 400. The molecule has 1 saturated heterocycles. The zero-order chi connectivity index (χ0) is 13.6. The third kappa shape index (κ3) is 3.55. The number of carbonyl (C=O) groups excluding carboxylic acids is 1.